The summed E-state index contributed by atoms with van der Waals surface area (Å²) in [7, 11) is 0. The predicted molar refractivity (Wildman–Crippen MR) is 66.8 cm³/mol. The monoisotopic (exact) mass is 374 g/mol. The van der Waals surface area contributed by atoms with Gasteiger partial charge < -0.3 is 36.2 Å². The second kappa shape index (κ2) is 17.9. The molecule has 0 aromatic carbocycles. The fourth-order valence-electron chi connectivity index (χ4n) is 0.624. The van der Waals surface area contributed by atoms with Gasteiger partial charge in [0.25, 0.3) is 5.97 Å². The molecule has 0 aliphatic heterocycles. The first-order valence-corrected chi connectivity index (χ1v) is 5.30. The van der Waals surface area contributed by atoms with Gasteiger partial charge in [-0.1, -0.05) is 27.7 Å². The van der Waals surface area contributed by atoms with Crippen LogP contribution in [-0.2, 0) is 25.2 Å². The predicted octanol–water partition coefficient (Wildman–Crippen LogP) is 0.162. The van der Waals surface area contributed by atoms with Crippen molar-refractivity contribution in [3.8, 4) is 0 Å². The summed E-state index contributed by atoms with van der Waals surface area (Å²) in [6.07, 6.45) is -3.00. The van der Waals surface area contributed by atoms with Crippen LogP contribution in [0.2, 0.25) is 0 Å². The summed E-state index contributed by atoms with van der Waals surface area (Å²) in [5.74, 6) is -0.833. The zero-order chi connectivity index (χ0) is 15.3. The third kappa shape index (κ3) is 72.5. The fraction of sp³-hybridized carbons (Fsp3) is 0.900. The van der Waals surface area contributed by atoms with Crippen molar-refractivity contribution in [1.82, 2.24) is 0 Å². The van der Waals surface area contributed by atoms with Crippen molar-refractivity contribution >= 4 is 5.97 Å². The van der Waals surface area contributed by atoms with Gasteiger partial charge in [-0.3, -0.25) is 4.79 Å². The molecular weight excluding hydrogens is 351 g/mol. The Labute approximate surface area is 127 Å². The van der Waals surface area contributed by atoms with Crippen LogP contribution in [0.5, 0.6) is 0 Å². The number of carboxylic acid groups (broad SMARTS) is 1. The van der Waals surface area contributed by atoms with E-state index in [0.717, 1.165) is 6.92 Å². The van der Waals surface area contributed by atoms with Crippen LogP contribution in [0.15, 0.2) is 0 Å². The largest absolute Gasteiger partial charge is 2.00 e. The van der Waals surface area contributed by atoms with Gasteiger partial charge >= 0.3 is 20.4 Å². The molecule has 4 atom stereocenters. The van der Waals surface area contributed by atoms with E-state index in [9.17, 15) is 0 Å². The zero-order valence-corrected chi connectivity index (χ0v) is 13.2. The van der Waals surface area contributed by atoms with Crippen molar-refractivity contribution in [3.63, 3.8) is 0 Å². The topological polar surface area (TPSA) is 146 Å². The first-order chi connectivity index (χ1) is 7.98. The Bertz CT molecular complexity index is 161. The van der Waals surface area contributed by atoms with Crippen LogP contribution < -0.4 is 0 Å². The smallest absolute Gasteiger partial charge is 0.612 e. The SMILES string of the molecule is CC(=O)O.CC(O)[N-]C(C)O.CC(O)[N-]C(C)O.[Pd+2]. The summed E-state index contributed by atoms with van der Waals surface area (Å²) in [5.41, 5.74) is 0. The maximum Gasteiger partial charge on any atom is 2.00 e. The minimum atomic E-state index is -0.833. The molecule has 0 spiro atoms. The van der Waals surface area contributed by atoms with E-state index < -0.39 is 30.9 Å². The molecule has 0 aromatic heterocycles. The molecule has 4 unspecified atom stereocenters. The van der Waals surface area contributed by atoms with Crippen LogP contribution in [0.25, 0.3) is 10.6 Å². The quantitative estimate of drug-likeness (QED) is 0.443. The number of aliphatic hydroxyl groups excluding tert-OH is 4. The van der Waals surface area contributed by atoms with Gasteiger partial charge in [-0.25, -0.2) is 0 Å². The number of carboxylic acids is 1. The van der Waals surface area contributed by atoms with E-state index in [1.54, 1.807) is 0 Å². The standard InChI is InChI=1S/2C4H10NO2.C2H4O2.Pd/c2*1-3(6)5-4(2)7;1-2(3)4;/h2*3-4,6-7H,1-2H3;1H3,(H,3,4);/q2*-1;;+2. The first kappa shape index (κ1) is 27.3. The average Bonchev–Trinajstić information content (AvgIpc) is 1.96. The Morgan fingerprint density at radius 1 is 0.789 bits per heavy atom. The normalized spacial score (nSPS) is 15.2. The molecule has 0 aliphatic rings. The van der Waals surface area contributed by atoms with Crippen LogP contribution in [0, 0.1) is 0 Å². The third-order valence-corrected chi connectivity index (χ3v) is 0.863. The van der Waals surface area contributed by atoms with Crippen LogP contribution in [0.3, 0.4) is 0 Å². The van der Waals surface area contributed by atoms with Gasteiger partial charge in [0.1, 0.15) is 0 Å². The Balaban J connectivity index is -0.0000000900. The Morgan fingerprint density at radius 3 is 0.895 bits per heavy atom. The summed E-state index contributed by atoms with van der Waals surface area (Å²) < 4.78 is 0. The molecule has 0 heterocycles. The van der Waals surface area contributed by atoms with Crippen LogP contribution in [0.1, 0.15) is 34.6 Å². The minimum absolute atomic E-state index is 0. The van der Waals surface area contributed by atoms with Gasteiger partial charge in [-0.15, -0.1) is 0 Å². The first-order valence-electron chi connectivity index (χ1n) is 5.30. The number of aliphatic carboxylic acids is 1. The van der Waals surface area contributed by atoms with E-state index in [1.165, 1.54) is 27.7 Å². The molecule has 9 heteroatoms. The molecule has 0 fully saturated rings. The van der Waals surface area contributed by atoms with E-state index in [1.807, 2.05) is 0 Å². The maximum atomic E-state index is 9.00. The summed E-state index contributed by atoms with van der Waals surface area (Å²) in [4.78, 5) is 9.00. The van der Waals surface area contributed by atoms with Gasteiger partial charge in [-0.2, -0.15) is 0 Å². The number of hydrogen-bond acceptors (Lipinski definition) is 5. The van der Waals surface area contributed by atoms with Crippen LogP contribution >= 0.6 is 0 Å². The number of hydrogen-bond donors (Lipinski definition) is 5. The molecule has 5 N–H and O–H groups in total. The molecule has 0 saturated heterocycles. The third-order valence-electron chi connectivity index (χ3n) is 0.863. The van der Waals surface area contributed by atoms with E-state index in [4.69, 9.17) is 30.3 Å². The van der Waals surface area contributed by atoms with Crippen LogP contribution in [0.4, 0.5) is 0 Å². The number of carbonyl (C=O) groups is 1. The summed E-state index contributed by atoms with van der Waals surface area (Å²) in [6.45, 7) is 7.05. The van der Waals surface area contributed by atoms with E-state index in [0.29, 0.717) is 0 Å². The van der Waals surface area contributed by atoms with Crippen molar-refractivity contribution < 1.29 is 50.7 Å². The van der Waals surface area contributed by atoms with Crippen molar-refractivity contribution in [2.45, 2.75) is 59.5 Å². The minimum Gasteiger partial charge on any atom is -0.612 e. The fourth-order valence-corrected chi connectivity index (χ4v) is 0.624. The van der Waals surface area contributed by atoms with Crippen molar-refractivity contribution in [2.24, 2.45) is 0 Å². The van der Waals surface area contributed by atoms with E-state index in [2.05, 4.69) is 10.6 Å². The molecule has 120 valence electrons. The van der Waals surface area contributed by atoms with Gasteiger partial charge in [0.05, 0.1) is 0 Å². The number of aliphatic hydroxyl groups is 4. The summed E-state index contributed by atoms with van der Waals surface area (Å²) in [6, 6.07) is 0. The molecule has 0 aromatic rings. The van der Waals surface area contributed by atoms with E-state index in [-0.39, 0.29) is 20.4 Å². The van der Waals surface area contributed by atoms with Crippen molar-refractivity contribution in [3.05, 3.63) is 10.6 Å². The molecule has 8 nitrogen and oxygen atoms in total. The Hall–Kier alpha value is -0.108. The molecule has 19 heavy (non-hydrogen) atoms. The summed E-state index contributed by atoms with van der Waals surface area (Å²) >= 11 is 0. The molecule has 0 bridgehead atoms. The second-order valence-electron chi connectivity index (χ2n) is 3.34. The van der Waals surface area contributed by atoms with Crippen molar-refractivity contribution in [1.29, 1.82) is 0 Å². The van der Waals surface area contributed by atoms with E-state index >= 15 is 0 Å². The van der Waals surface area contributed by atoms with Crippen molar-refractivity contribution in [2.75, 3.05) is 0 Å². The van der Waals surface area contributed by atoms with Gasteiger partial charge in [0.2, 0.25) is 0 Å². The number of rotatable bonds is 4. The zero-order valence-electron chi connectivity index (χ0n) is 11.7. The van der Waals surface area contributed by atoms with Gasteiger partial charge in [0, 0.05) is 6.92 Å². The Kier molecular flexibility index (Phi) is 25.7. The molecule has 0 aliphatic carbocycles. The maximum absolute atomic E-state index is 9.00. The number of nitrogens with zero attached hydrogens (tertiary/aromatic N) is 2. The Morgan fingerprint density at radius 2 is 0.895 bits per heavy atom. The summed E-state index contributed by atoms with van der Waals surface area (Å²) in [5, 5.41) is 47.8. The second-order valence-corrected chi connectivity index (χ2v) is 3.34. The van der Waals surface area contributed by atoms with Crippen LogP contribution in [-0.4, -0.2) is 56.4 Å². The molecule has 0 radical (unpaired) electrons. The van der Waals surface area contributed by atoms with Gasteiger partial charge in [0.15, 0.2) is 0 Å². The molecular formula is C10H24N2O6Pd. The van der Waals surface area contributed by atoms with Gasteiger partial charge in [-0.05, 0) is 24.9 Å². The molecule has 0 rings (SSSR count). The molecule has 0 amide bonds. The average molecular weight is 375 g/mol. The molecule has 0 saturated carbocycles.